The Morgan fingerprint density at radius 2 is 1.13 bits per heavy atom. The van der Waals surface area contributed by atoms with Crippen molar-refractivity contribution in [2.45, 2.75) is 76.0 Å². The number of rotatable bonds is 1. The smallest absolute Gasteiger partial charge is 0.0606 e. The highest BCUT2D eigenvalue weighted by Gasteiger charge is 2.37. The van der Waals surface area contributed by atoms with Gasteiger partial charge in [0, 0.05) is 12.1 Å². The van der Waals surface area contributed by atoms with Crippen molar-refractivity contribution in [1.82, 2.24) is 10.6 Å². The maximum absolute atomic E-state index is 3.85. The van der Waals surface area contributed by atoms with Crippen LogP contribution in [0.4, 0.5) is 0 Å². The van der Waals surface area contributed by atoms with Crippen LogP contribution in [0.5, 0.6) is 0 Å². The summed E-state index contributed by atoms with van der Waals surface area (Å²) in [5.74, 6) is 0.921. The van der Waals surface area contributed by atoms with Crippen LogP contribution in [0, 0.1) is 5.92 Å². The minimum Gasteiger partial charge on any atom is -0.297 e. The standard InChI is InChI=1S/C13H24N2/c1-2-6-10(7-3-1)13-14-11-8-4-5-9-12(11)15-13/h10-15H,1-9H2. The van der Waals surface area contributed by atoms with Gasteiger partial charge in [0.25, 0.3) is 0 Å². The molecule has 86 valence electrons. The van der Waals surface area contributed by atoms with Crippen LogP contribution in [0.1, 0.15) is 57.8 Å². The van der Waals surface area contributed by atoms with E-state index in [0.717, 1.165) is 18.0 Å². The Balaban J connectivity index is 1.59. The molecular formula is C13H24N2. The first-order valence-corrected chi connectivity index (χ1v) is 6.95. The van der Waals surface area contributed by atoms with E-state index in [9.17, 15) is 0 Å². The first kappa shape index (κ1) is 10.1. The zero-order valence-electron chi connectivity index (χ0n) is 9.67. The van der Waals surface area contributed by atoms with Crippen molar-refractivity contribution in [3.05, 3.63) is 0 Å². The van der Waals surface area contributed by atoms with Gasteiger partial charge >= 0.3 is 0 Å². The van der Waals surface area contributed by atoms with E-state index in [-0.39, 0.29) is 0 Å². The van der Waals surface area contributed by atoms with Gasteiger partial charge in [-0.25, -0.2) is 0 Å². The van der Waals surface area contributed by atoms with Crippen LogP contribution in [0.15, 0.2) is 0 Å². The summed E-state index contributed by atoms with van der Waals surface area (Å²) < 4.78 is 0. The third-order valence-corrected chi connectivity index (χ3v) is 4.67. The Bertz CT molecular complexity index is 197. The third-order valence-electron chi connectivity index (χ3n) is 4.67. The van der Waals surface area contributed by atoms with Gasteiger partial charge in [-0.2, -0.15) is 0 Å². The number of hydrogen-bond acceptors (Lipinski definition) is 2. The van der Waals surface area contributed by atoms with Crippen molar-refractivity contribution in [3.8, 4) is 0 Å². The van der Waals surface area contributed by atoms with Gasteiger partial charge in [0.1, 0.15) is 0 Å². The van der Waals surface area contributed by atoms with Gasteiger partial charge in [-0.05, 0) is 31.6 Å². The quantitative estimate of drug-likeness (QED) is 0.691. The molecule has 0 aromatic heterocycles. The van der Waals surface area contributed by atoms with E-state index in [1.165, 1.54) is 57.8 Å². The van der Waals surface area contributed by atoms with Gasteiger partial charge in [-0.15, -0.1) is 0 Å². The predicted octanol–water partition coefficient (Wildman–Crippen LogP) is 2.40. The molecule has 2 aliphatic carbocycles. The molecule has 0 radical (unpaired) electrons. The van der Waals surface area contributed by atoms with E-state index in [1.807, 2.05) is 0 Å². The molecule has 15 heavy (non-hydrogen) atoms. The van der Waals surface area contributed by atoms with Gasteiger partial charge in [0.15, 0.2) is 0 Å². The lowest BCUT2D eigenvalue weighted by atomic mass is 9.87. The zero-order chi connectivity index (χ0) is 10.1. The monoisotopic (exact) mass is 208 g/mol. The number of nitrogens with one attached hydrogen (secondary N) is 2. The van der Waals surface area contributed by atoms with Crippen LogP contribution in [0.25, 0.3) is 0 Å². The van der Waals surface area contributed by atoms with Crippen LogP contribution in [-0.4, -0.2) is 18.2 Å². The lowest BCUT2D eigenvalue weighted by molar-refractivity contribution is 0.264. The fourth-order valence-corrected chi connectivity index (χ4v) is 3.78. The second-order valence-electron chi connectivity index (χ2n) is 5.71. The molecule has 0 aromatic rings. The van der Waals surface area contributed by atoms with E-state index < -0.39 is 0 Å². The molecule has 2 N–H and O–H groups in total. The lowest BCUT2D eigenvalue weighted by Crippen LogP contribution is -2.41. The van der Waals surface area contributed by atoms with E-state index in [2.05, 4.69) is 10.6 Å². The molecule has 0 aromatic carbocycles. The minimum absolute atomic E-state index is 0.651. The Hall–Kier alpha value is -0.0800. The second-order valence-corrected chi connectivity index (χ2v) is 5.71. The van der Waals surface area contributed by atoms with Gasteiger partial charge in [0.05, 0.1) is 6.17 Å². The summed E-state index contributed by atoms with van der Waals surface area (Å²) in [6, 6.07) is 1.59. The van der Waals surface area contributed by atoms with E-state index in [4.69, 9.17) is 0 Å². The lowest BCUT2D eigenvalue weighted by Gasteiger charge is -2.28. The fourth-order valence-electron chi connectivity index (χ4n) is 3.78. The summed E-state index contributed by atoms with van der Waals surface area (Å²) in [4.78, 5) is 0. The molecule has 0 bridgehead atoms. The Morgan fingerprint density at radius 1 is 0.600 bits per heavy atom. The summed E-state index contributed by atoms with van der Waals surface area (Å²) >= 11 is 0. The molecule has 1 saturated heterocycles. The molecule has 2 unspecified atom stereocenters. The normalized spacial score (nSPS) is 42.8. The van der Waals surface area contributed by atoms with Crippen molar-refractivity contribution >= 4 is 0 Å². The maximum Gasteiger partial charge on any atom is 0.0606 e. The number of fused-ring (bicyclic) bond motifs is 1. The summed E-state index contributed by atoms with van der Waals surface area (Å²) in [5.41, 5.74) is 0. The largest absolute Gasteiger partial charge is 0.297 e. The van der Waals surface area contributed by atoms with E-state index in [1.54, 1.807) is 0 Å². The second kappa shape index (κ2) is 4.42. The van der Waals surface area contributed by atoms with Crippen LogP contribution >= 0.6 is 0 Å². The van der Waals surface area contributed by atoms with E-state index >= 15 is 0 Å². The average molecular weight is 208 g/mol. The van der Waals surface area contributed by atoms with Gasteiger partial charge in [0.2, 0.25) is 0 Å². The molecule has 1 aliphatic heterocycles. The molecule has 0 spiro atoms. The summed E-state index contributed by atoms with van der Waals surface area (Å²) in [6.07, 6.45) is 13.6. The van der Waals surface area contributed by atoms with Gasteiger partial charge in [-0.3, -0.25) is 10.6 Å². The first-order valence-electron chi connectivity index (χ1n) is 6.95. The molecule has 3 aliphatic rings. The Labute approximate surface area is 93.2 Å². The van der Waals surface area contributed by atoms with Crippen molar-refractivity contribution < 1.29 is 0 Å². The summed E-state index contributed by atoms with van der Waals surface area (Å²) in [7, 11) is 0. The molecule has 3 fully saturated rings. The van der Waals surface area contributed by atoms with Crippen LogP contribution in [0.2, 0.25) is 0 Å². The van der Waals surface area contributed by atoms with Crippen molar-refractivity contribution in [1.29, 1.82) is 0 Å². The first-order chi connectivity index (χ1) is 7.43. The van der Waals surface area contributed by atoms with Crippen LogP contribution in [0.3, 0.4) is 0 Å². The van der Waals surface area contributed by atoms with Gasteiger partial charge < -0.3 is 0 Å². The van der Waals surface area contributed by atoms with Crippen LogP contribution in [-0.2, 0) is 0 Å². The summed E-state index contributed by atoms with van der Waals surface area (Å²) in [6.45, 7) is 0. The fraction of sp³-hybridized carbons (Fsp3) is 1.00. The highest BCUT2D eigenvalue weighted by molar-refractivity contribution is 4.97. The third kappa shape index (κ3) is 2.07. The predicted molar refractivity (Wildman–Crippen MR) is 62.7 cm³/mol. The van der Waals surface area contributed by atoms with Crippen molar-refractivity contribution in [2.75, 3.05) is 0 Å². The van der Waals surface area contributed by atoms with Crippen molar-refractivity contribution in [2.24, 2.45) is 5.92 Å². The van der Waals surface area contributed by atoms with Crippen LogP contribution < -0.4 is 10.6 Å². The minimum atomic E-state index is 0.651. The highest BCUT2D eigenvalue weighted by Crippen LogP contribution is 2.31. The topological polar surface area (TPSA) is 24.1 Å². The SMILES string of the molecule is C1CCC(C2NC3CCCCC3N2)CC1. The molecule has 2 atom stereocenters. The molecular weight excluding hydrogens is 184 g/mol. The molecule has 1 heterocycles. The zero-order valence-corrected chi connectivity index (χ0v) is 9.67. The Morgan fingerprint density at radius 3 is 1.73 bits per heavy atom. The van der Waals surface area contributed by atoms with E-state index in [0.29, 0.717) is 6.17 Å². The molecule has 2 saturated carbocycles. The number of hydrogen-bond donors (Lipinski definition) is 2. The highest BCUT2D eigenvalue weighted by atomic mass is 15.2. The van der Waals surface area contributed by atoms with Crippen molar-refractivity contribution in [3.63, 3.8) is 0 Å². The molecule has 0 amide bonds. The maximum atomic E-state index is 3.85. The summed E-state index contributed by atoms with van der Waals surface area (Å²) in [5, 5.41) is 7.70. The molecule has 2 heteroatoms. The Kier molecular flexibility index (Phi) is 2.98. The van der Waals surface area contributed by atoms with Gasteiger partial charge in [-0.1, -0.05) is 32.1 Å². The average Bonchev–Trinajstić information content (AvgIpc) is 2.74. The molecule has 3 rings (SSSR count). The molecule has 2 nitrogen and oxygen atoms in total.